The number of hydrogen-bond acceptors (Lipinski definition) is 5. The first-order valence-electron chi connectivity index (χ1n) is 10.1. The van der Waals surface area contributed by atoms with E-state index in [-0.39, 0.29) is 18.1 Å². The van der Waals surface area contributed by atoms with Crippen molar-refractivity contribution in [2.45, 2.75) is 44.6 Å². The van der Waals surface area contributed by atoms with E-state index >= 15 is 0 Å². The van der Waals surface area contributed by atoms with Crippen molar-refractivity contribution < 1.29 is 23.7 Å². The van der Waals surface area contributed by atoms with E-state index in [4.69, 9.17) is 4.74 Å². The lowest BCUT2D eigenvalue weighted by Gasteiger charge is -2.43. The molecule has 2 aromatic rings. The Morgan fingerprint density at radius 2 is 1.83 bits per heavy atom. The maximum Gasteiger partial charge on any atom is 0.150 e. The third-order valence-corrected chi connectivity index (χ3v) is 7.83. The number of carbonyl (C=O) groups excluding carboxylic acids is 1. The highest BCUT2D eigenvalue weighted by Gasteiger charge is 2.36. The monoisotopic (exact) mass is 416 g/mol. The predicted molar refractivity (Wildman–Crippen MR) is 116 cm³/mol. The third kappa shape index (κ3) is 4.36. The van der Waals surface area contributed by atoms with Gasteiger partial charge in [0.05, 0.1) is 0 Å². The topological polar surface area (TPSA) is 87.0 Å². The van der Waals surface area contributed by atoms with Gasteiger partial charge in [-0.2, -0.15) is 10.6 Å². The normalized spacial score (nSPS) is 20.7. The Kier molecular flexibility index (Phi) is 5.46. The number of carbonyl (C=O) groups is 1. The molecule has 0 saturated carbocycles. The number of benzene rings is 2. The van der Waals surface area contributed by atoms with E-state index in [1.807, 2.05) is 24.3 Å². The summed E-state index contributed by atoms with van der Waals surface area (Å²) in [4.78, 5) is 11.3. The van der Waals surface area contributed by atoms with E-state index in [0.29, 0.717) is 18.4 Å². The predicted octanol–water partition coefficient (Wildman–Crippen LogP) is 4.62. The Labute approximate surface area is 173 Å². The largest absolute Gasteiger partial charge is 0.491 e. The average Bonchev–Trinajstić information content (AvgIpc) is 2.88. The molecule has 29 heavy (non-hydrogen) atoms. The molecule has 0 radical (unpaired) electrons. The van der Waals surface area contributed by atoms with Crippen molar-refractivity contribution >= 4 is 16.9 Å². The van der Waals surface area contributed by atoms with Crippen molar-refractivity contribution in [2.24, 2.45) is 0 Å². The molecule has 0 aromatic heterocycles. The van der Waals surface area contributed by atoms with Gasteiger partial charge < -0.3 is 9.84 Å². The number of aldehydes is 1. The first-order valence-corrected chi connectivity index (χ1v) is 12.0. The molecule has 156 valence electrons. The Bertz CT molecular complexity index is 927. The van der Waals surface area contributed by atoms with Gasteiger partial charge in [0.2, 0.25) is 0 Å². The zero-order valence-corrected chi connectivity index (χ0v) is 17.5. The van der Waals surface area contributed by atoms with Gasteiger partial charge in [-0.15, -0.1) is 0 Å². The summed E-state index contributed by atoms with van der Waals surface area (Å²) in [5.41, 5.74) is 5.53. The zero-order valence-electron chi connectivity index (χ0n) is 16.7. The van der Waals surface area contributed by atoms with Crippen LogP contribution in [0, 0.1) is 6.92 Å². The number of aryl methyl sites for hydroxylation is 3. The average molecular weight is 417 g/mol. The third-order valence-electron chi connectivity index (χ3n) is 6.12. The molecule has 2 aliphatic rings. The van der Waals surface area contributed by atoms with Gasteiger partial charge in [-0.3, -0.25) is 13.9 Å². The van der Waals surface area contributed by atoms with E-state index in [1.165, 1.54) is 16.7 Å². The van der Waals surface area contributed by atoms with Gasteiger partial charge in [-0.1, -0.05) is 12.1 Å². The molecule has 1 heterocycles. The summed E-state index contributed by atoms with van der Waals surface area (Å²) in [6, 6.07) is 9.94. The van der Waals surface area contributed by atoms with Crippen LogP contribution in [0.1, 0.15) is 46.3 Å². The molecule has 0 bridgehead atoms. The van der Waals surface area contributed by atoms with Crippen molar-refractivity contribution in [3.05, 3.63) is 52.6 Å². The smallest absolute Gasteiger partial charge is 0.150 e. The molecule has 0 amide bonds. The molecular formula is C23H28O5S. The van der Waals surface area contributed by atoms with E-state index < -0.39 is 16.2 Å². The van der Waals surface area contributed by atoms with Crippen LogP contribution in [0.4, 0.5) is 0 Å². The summed E-state index contributed by atoms with van der Waals surface area (Å²) in [5.74, 6) is 1.18. The van der Waals surface area contributed by atoms with Gasteiger partial charge in [0.15, 0.2) is 0 Å². The molecular weight excluding hydrogens is 388 g/mol. The van der Waals surface area contributed by atoms with Gasteiger partial charge in [0.1, 0.15) is 24.2 Å². The van der Waals surface area contributed by atoms with Crippen molar-refractivity contribution in [1.82, 2.24) is 0 Å². The van der Waals surface area contributed by atoms with Crippen LogP contribution in [0.3, 0.4) is 0 Å². The summed E-state index contributed by atoms with van der Waals surface area (Å²) in [7, 11) is -2.53. The van der Waals surface area contributed by atoms with E-state index in [9.17, 15) is 19.0 Å². The molecule has 1 aliphatic heterocycles. The van der Waals surface area contributed by atoms with Crippen LogP contribution < -0.4 is 4.74 Å². The molecule has 2 aromatic carbocycles. The molecule has 3 N–H and O–H groups in total. The fourth-order valence-corrected chi connectivity index (χ4v) is 5.99. The second-order valence-corrected chi connectivity index (χ2v) is 10.8. The van der Waals surface area contributed by atoms with Crippen molar-refractivity contribution in [3.8, 4) is 16.9 Å². The van der Waals surface area contributed by atoms with Crippen molar-refractivity contribution in [3.63, 3.8) is 0 Å². The molecule has 1 fully saturated rings. The van der Waals surface area contributed by atoms with Gasteiger partial charge in [0.25, 0.3) is 0 Å². The summed E-state index contributed by atoms with van der Waals surface area (Å²) < 4.78 is 25.5. The second kappa shape index (κ2) is 7.76. The first kappa shape index (κ1) is 20.4. The molecule has 4 rings (SSSR count). The fraction of sp³-hybridized carbons (Fsp3) is 0.435. The SMILES string of the molecule is Cc1cc(OCC2(O)CCS(O)(O)CC2)cc2c1-c1cc(C=O)ccc1CCC2. The van der Waals surface area contributed by atoms with Crippen molar-refractivity contribution in [2.75, 3.05) is 18.1 Å². The number of aliphatic hydroxyl groups is 1. The van der Waals surface area contributed by atoms with Crippen LogP contribution in [0.25, 0.3) is 11.1 Å². The Morgan fingerprint density at radius 1 is 1.10 bits per heavy atom. The molecule has 0 spiro atoms. The second-order valence-electron chi connectivity index (χ2n) is 8.39. The summed E-state index contributed by atoms with van der Waals surface area (Å²) in [6.07, 6.45) is 4.50. The highest BCUT2D eigenvalue weighted by atomic mass is 32.3. The van der Waals surface area contributed by atoms with Crippen LogP contribution in [0.15, 0.2) is 30.3 Å². The van der Waals surface area contributed by atoms with Crippen LogP contribution in [0.5, 0.6) is 5.75 Å². The minimum absolute atomic E-state index is 0.145. The van der Waals surface area contributed by atoms with E-state index in [0.717, 1.165) is 42.4 Å². The summed E-state index contributed by atoms with van der Waals surface area (Å²) >= 11 is 0. The molecule has 1 saturated heterocycles. The first-order chi connectivity index (χ1) is 13.8. The maximum atomic E-state index is 11.3. The van der Waals surface area contributed by atoms with Crippen LogP contribution in [0.2, 0.25) is 0 Å². The van der Waals surface area contributed by atoms with Gasteiger partial charge in [-0.05, 0) is 85.0 Å². The Morgan fingerprint density at radius 3 is 2.55 bits per heavy atom. The van der Waals surface area contributed by atoms with E-state index in [1.54, 1.807) is 0 Å². The molecule has 5 nitrogen and oxygen atoms in total. The fourth-order valence-electron chi connectivity index (χ4n) is 4.37. The van der Waals surface area contributed by atoms with Gasteiger partial charge in [0, 0.05) is 17.1 Å². The number of ether oxygens (including phenoxy) is 1. The van der Waals surface area contributed by atoms with Crippen LogP contribution in [-0.2, 0) is 12.8 Å². The molecule has 1 aliphatic carbocycles. The number of rotatable bonds is 4. The summed E-state index contributed by atoms with van der Waals surface area (Å²) in [5, 5.41) is 10.7. The zero-order chi connectivity index (χ0) is 20.6. The molecule has 0 unspecified atom stereocenters. The van der Waals surface area contributed by atoms with Gasteiger partial charge in [-0.25, -0.2) is 0 Å². The number of fused-ring (bicyclic) bond motifs is 3. The minimum Gasteiger partial charge on any atom is -0.491 e. The van der Waals surface area contributed by atoms with Crippen molar-refractivity contribution in [1.29, 1.82) is 0 Å². The maximum absolute atomic E-state index is 11.3. The van der Waals surface area contributed by atoms with Crippen LogP contribution in [-0.4, -0.2) is 44.2 Å². The summed E-state index contributed by atoms with van der Waals surface area (Å²) in [6.45, 7) is 2.20. The highest BCUT2D eigenvalue weighted by molar-refractivity contribution is 8.24. The lowest BCUT2D eigenvalue weighted by molar-refractivity contribution is -0.0140. The quantitative estimate of drug-likeness (QED) is 0.633. The van der Waals surface area contributed by atoms with Crippen LogP contribution >= 0.6 is 10.6 Å². The standard InChI is InChI=1S/C23H28O5S/c1-16-11-20(28-15-23(25)7-9-29(26,27)10-8-23)13-19-4-2-3-18-6-5-17(14-24)12-21(18)22(16)19/h5-6,11-14,25-27H,2-4,7-10,15H2,1H3. The minimum atomic E-state index is -2.53. The highest BCUT2D eigenvalue weighted by Crippen LogP contribution is 2.47. The Balaban J connectivity index is 1.59. The lowest BCUT2D eigenvalue weighted by atomic mass is 9.91. The Hall–Kier alpha value is -1.86. The molecule has 6 heteroatoms. The lowest BCUT2D eigenvalue weighted by Crippen LogP contribution is -2.42. The van der Waals surface area contributed by atoms with Gasteiger partial charge >= 0.3 is 0 Å². The number of hydrogen-bond donors (Lipinski definition) is 3. The molecule has 0 atom stereocenters. The van der Waals surface area contributed by atoms with E-state index in [2.05, 4.69) is 13.0 Å².